The van der Waals surface area contributed by atoms with Gasteiger partial charge in [-0.15, -0.1) is 0 Å². The first-order valence-corrected chi connectivity index (χ1v) is 9.49. The van der Waals surface area contributed by atoms with Crippen LogP contribution < -0.4 is 10.0 Å². The zero-order chi connectivity index (χ0) is 17.2. The van der Waals surface area contributed by atoms with Gasteiger partial charge in [0.2, 0.25) is 5.91 Å². The average Bonchev–Trinajstić information content (AvgIpc) is 2.45. The predicted molar refractivity (Wildman–Crippen MR) is 94.7 cm³/mol. The molecule has 126 valence electrons. The van der Waals surface area contributed by atoms with Crippen LogP contribution in [0, 0.1) is 5.92 Å². The zero-order valence-corrected chi connectivity index (χ0v) is 14.4. The number of hydrogen-bond donors (Lipinski definition) is 2. The average molecular weight is 365 g/mol. The number of anilines is 2. The van der Waals surface area contributed by atoms with E-state index in [0.29, 0.717) is 16.4 Å². The van der Waals surface area contributed by atoms with Crippen LogP contribution in [0.2, 0.25) is 5.02 Å². The van der Waals surface area contributed by atoms with Crippen molar-refractivity contribution in [1.82, 2.24) is 0 Å². The van der Waals surface area contributed by atoms with Gasteiger partial charge in [0, 0.05) is 16.6 Å². The van der Waals surface area contributed by atoms with Crippen molar-refractivity contribution in [2.75, 3.05) is 10.0 Å². The molecule has 2 aromatic rings. The van der Waals surface area contributed by atoms with Crippen molar-refractivity contribution in [2.24, 2.45) is 5.92 Å². The normalized spacial score (nSPS) is 14.7. The molecule has 0 atom stereocenters. The lowest BCUT2D eigenvalue weighted by atomic mass is 9.85. The standard InChI is InChI=1S/C17H17ClN2O3S/c18-13-7-9-16(10-8-13)24(22,23)20-15-6-2-5-14(11-15)19-17(21)12-3-1-4-12/h2,5-12,20H,1,3-4H2,(H,19,21). The van der Waals surface area contributed by atoms with Crippen LogP contribution in [0.5, 0.6) is 0 Å². The summed E-state index contributed by atoms with van der Waals surface area (Å²) >= 11 is 5.78. The summed E-state index contributed by atoms with van der Waals surface area (Å²) in [7, 11) is -3.71. The van der Waals surface area contributed by atoms with Gasteiger partial charge in [0.05, 0.1) is 10.6 Å². The monoisotopic (exact) mass is 364 g/mol. The van der Waals surface area contributed by atoms with Crippen molar-refractivity contribution in [3.05, 3.63) is 53.6 Å². The van der Waals surface area contributed by atoms with Gasteiger partial charge in [0.15, 0.2) is 0 Å². The van der Waals surface area contributed by atoms with Crippen molar-refractivity contribution >= 4 is 38.9 Å². The van der Waals surface area contributed by atoms with Crippen molar-refractivity contribution < 1.29 is 13.2 Å². The molecule has 0 radical (unpaired) electrons. The Morgan fingerprint density at radius 1 is 1.04 bits per heavy atom. The molecule has 2 aromatic carbocycles. The number of sulfonamides is 1. The van der Waals surface area contributed by atoms with Crippen LogP contribution in [-0.2, 0) is 14.8 Å². The summed E-state index contributed by atoms with van der Waals surface area (Å²) in [6.07, 6.45) is 2.91. The third kappa shape index (κ3) is 3.88. The molecule has 0 bridgehead atoms. The highest BCUT2D eigenvalue weighted by Crippen LogP contribution is 2.28. The lowest BCUT2D eigenvalue weighted by Crippen LogP contribution is -2.28. The Labute approximate surface area is 146 Å². The Bertz CT molecular complexity index is 846. The maximum atomic E-state index is 12.4. The second kappa shape index (κ2) is 6.83. The fourth-order valence-electron chi connectivity index (χ4n) is 2.40. The molecule has 0 aliphatic heterocycles. The molecule has 7 heteroatoms. The van der Waals surface area contributed by atoms with Gasteiger partial charge < -0.3 is 5.32 Å². The van der Waals surface area contributed by atoms with Gasteiger partial charge in [-0.3, -0.25) is 9.52 Å². The molecule has 5 nitrogen and oxygen atoms in total. The minimum Gasteiger partial charge on any atom is -0.326 e. The van der Waals surface area contributed by atoms with Crippen LogP contribution in [0.1, 0.15) is 19.3 Å². The number of benzene rings is 2. The Morgan fingerprint density at radius 2 is 1.71 bits per heavy atom. The molecule has 0 saturated heterocycles. The van der Waals surface area contributed by atoms with Gasteiger partial charge >= 0.3 is 0 Å². The molecule has 0 heterocycles. The quantitative estimate of drug-likeness (QED) is 0.845. The van der Waals surface area contributed by atoms with E-state index in [-0.39, 0.29) is 16.7 Å². The number of nitrogens with one attached hydrogen (secondary N) is 2. The van der Waals surface area contributed by atoms with E-state index in [1.54, 1.807) is 24.3 Å². The van der Waals surface area contributed by atoms with E-state index in [2.05, 4.69) is 10.0 Å². The highest BCUT2D eigenvalue weighted by atomic mass is 35.5. The molecular weight excluding hydrogens is 348 g/mol. The Kier molecular flexibility index (Phi) is 4.78. The summed E-state index contributed by atoms with van der Waals surface area (Å²) in [6.45, 7) is 0. The molecule has 1 fully saturated rings. The van der Waals surface area contributed by atoms with Crippen LogP contribution in [-0.4, -0.2) is 14.3 Å². The van der Waals surface area contributed by atoms with Gasteiger partial charge in [0.1, 0.15) is 0 Å². The van der Waals surface area contributed by atoms with E-state index in [4.69, 9.17) is 11.6 Å². The molecule has 0 aromatic heterocycles. The van der Waals surface area contributed by atoms with Crippen molar-refractivity contribution in [2.45, 2.75) is 24.2 Å². The number of rotatable bonds is 5. The molecule has 1 amide bonds. The number of carbonyl (C=O) groups is 1. The van der Waals surface area contributed by atoms with Crippen LogP contribution in [0.3, 0.4) is 0 Å². The molecule has 2 N–H and O–H groups in total. The van der Waals surface area contributed by atoms with Crippen LogP contribution in [0.4, 0.5) is 11.4 Å². The predicted octanol–water partition coefficient (Wildman–Crippen LogP) is 3.88. The molecule has 0 spiro atoms. The highest BCUT2D eigenvalue weighted by Gasteiger charge is 2.25. The van der Waals surface area contributed by atoms with E-state index >= 15 is 0 Å². The highest BCUT2D eigenvalue weighted by molar-refractivity contribution is 7.92. The summed E-state index contributed by atoms with van der Waals surface area (Å²) in [5.74, 6) is 0.0540. The Morgan fingerprint density at radius 3 is 2.33 bits per heavy atom. The smallest absolute Gasteiger partial charge is 0.261 e. The topological polar surface area (TPSA) is 75.3 Å². The van der Waals surface area contributed by atoms with E-state index in [0.717, 1.165) is 19.3 Å². The summed E-state index contributed by atoms with van der Waals surface area (Å²) in [5.41, 5.74) is 0.958. The molecule has 1 aliphatic carbocycles. The van der Waals surface area contributed by atoms with Gasteiger partial charge in [-0.2, -0.15) is 0 Å². The first-order chi connectivity index (χ1) is 11.4. The van der Waals surface area contributed by atoms with Gasteiger partial charge in [-0.05, 0) is 55.3 Å². The van der Waals surface area contributed by atoms with Crippen molar-refractivity contribution in [1.29, 1.82) is 0 Å². The maximum absolute atomic E-state index is 12.4. The lowest BCUT2D eigenvalue weighted by molar-refractivity contribution is -0.122. The zero-order valence-electron chi connectivity index (χ0n) is 12.8. The Hall–Kier alpha value is -2.05. The number of carbonyl (C=O) groups excluding carboxylic acids is 1. The number of amides is 1. The molecular formula is C17H17ClN2O3S. The van der Waals surface area contributed by atoms with Gasteiger partial charge in [-0.1, -0.05) is 24.1 Å². The second-order valence-corrected chi connectivity index (χ2v) is 7.88. The largest absolute Gasteiger partial charge is 0.326 e. The van der Waals surface area contributed by atoms with Crippen LogP contribution >= 0.6 is 11.6 Å². The number of halogens is 1. The molecule has 0 unspecified atom stereocenters. The Balaban J connectivity index is 1.73. The minimum absolute atomic E-state index is 0.0149. The maximum Gasteiger partial charge on any atom is 0.261 e. The van der Waals surface area contributed by atoms with Crippen LogP contribution in [0.25, 0.3) is 0 Å². The SMILES string of the molecule is O=C(Nc1cccc(NS(=O)(=O)c2ccc(Cl)cc2)c1)C1CCC1. The fraction of sp³-hybridized carbons (Fsp3) is 0.235. The third-order valence-electron chi connectivity index (χ3n) is 3.98. The molecule has 24 heavy (non-hydrogen) atoms. The second-order valence-electron chi connectivity index (χ2n) is 5.76. The van der Waals surface area contributed by atoms with Gasteiger partial charge in [0.25, 0.3) is 10.0 Å². The third-order valence-corrected chi connectivity index (χ3v) is 5.63. The first kappa shape index (κ1) is 16.8. The minimum atomic E-state index is -3.71. The summed E-state index contributed by atoms with van der Waals surface area (Å²) in [4.78, 5) is 12.1. The van der Waals surface area contributed by atoms with Crippen molar-refractivity contribution in [3.8, 4) is 0 Å². The summed E-state index contributed by atoms with van der Waals surface area (Å²) in [5, 5.41) is 3.29. The molecule has 1 saturated carbocycles. The number of hydrogen-bond acceptors (Lipinski definition) is 3. The van der Waals surface area contributed by atoms with Crippen LogP contribution in [0.15, 0.2) is 53.4 Å². The van der Waals surface area contributed by atoms with E-state index in [9.17, 15) is 13.2 Å². The van der Waals surface area contributed by atoms with Crippen molar-refractivity contribution in [3.63, 3.8) is 0 Å². The molecule has 3 rings (SSSR count). The van der Waals surface area contributed by atoms with E-state index in [1.165, 1.54) is 24.3 Å². The first-order valence-electron chi connectivity index (χ1n) is 7.63. The fourth-order valence-corrected chi connectivity index (χ4v) is 3.58. The van der Waals surface area contributed by atoms with E-state index < -0.39 is 10.0 Å². The summed E-state index contributed by atoms with van der Waals surface area (Å²) < 4.78 is 27.2. The summed E-state index contributed by atoms with van der Waals surface area (Å²) in [6, 6.07) is 12.6. The lowest BCUT2D eigenvalue weighted by Gasteiger charge is -2.24. The molecule has 1 aliphatic rings. The van der Waals surface area contributed by atoms with E-state index in [1.807, 2.05) is 0 Å². The van der Waals surface area contributed by atoms with Gasteiger partial charge in [-0.25, -0.2) is 8.42 Å².